The van der Waals surface area contributed by atoms with Crippen LogP contribution in [0.2, 0.25) is 0 Å². The van der Waals surface area contributed by atoms with Crippen LogP contribution in [0, 0.1) is 12.8 Å². The van der Waals surface area contributed by atoms with E-state index in [-0.39, 0.29) is 0 Å². The number of piperidine rings is 1. The summed E-state index contributed by atoms with van der Waals surface area (Å²) in [6.45, 7) is 5.45. The molecule has 0 saturated carbocycles. The van der Waals surface area contributed by atoms with Crippen molar-refractivity contribution in [2.75, 3.05) is 13.1 Å². The zero-order valence-electron chi connectivity index (χ0n) is 12.0. The maximum atomic E-state index is 4.64. The van der Waals surface area contributed by atoms with Gasteiger partial charge in [0.2, 0.25) is 0 Å². The first-order valence-corrected chi connectivity index (χ1v) is 8.26. The van der Waals surface area contributed by atoms with Gasteiger partial charge in [-0.1, -0.05) is 6.07 Å². The van der Waals surface area contributed by atoms with Crippen LogP contribution in [-0.2, 0) is 13.0 Å². The molecule has 0 aromatic carbocycles. The normalized spacial score (nSPS) is 20.1. The van der Waals surface area contributed by atoms with E-state index in [0.29, 0.717) is 0 Å². The third kappa shape index (κ3) is 3.64. The number of thiazole rings is 1. The van der Waals surface area contributed by atoms with Gasteiger partial charge < -0.3 is 0 Å². The Hall–Kier alpha value is -1.26. The highest BCUT2D eigenvalue weighted by molar-refractivity contribution is 7.07. The van der Waals surface area contributed by atoms with Gasteiger partial charge in [0.1, 0.15) is 0 Å². The maximum Gasteiger partial charge on any atom is 0.0795 e. The van der Waals surface area contributed by atoms with Crippen molar-refractivity contribution in [1.29, 1.82) is 0 Å². The van der Waals surface area contributed by atoms with Crippen LogP contribution in [-0.4, -0.2) is 28.0 Å². The summed E-state index contributed by atoms with van der Waals surface area (Å²) in [6.07, 6.45) is 3.72. The van der Waals surface area contributed by atoms with Gasteiger partial charge in [0.05, 0.1) is 11.2 Å². The average Bonchev–Trinajstić information content (AvgIpc) is 2.92. The van der Waals surface area contributed by atoms with Crippen molar-refractivity contribution in [2.45, 2.75) is 32.7 Å². The number of likely N-dealkylation sites (tertiary alicyclic amines) is 1. The van der Waals surface area contributed by atoms with Crippen LogP contribution in [0.25, 0.3) is 0 Å². The highest BCUT2D eigenvalue weighted by Gasteiger charge is 2.21. The van der Waals surface area contributed by atoms with E-state index in [9.17, 15) is 0 Å². The Morgan fingerprint density at radius 3 is 3.10 bits per heavy atom. The second-order valence-corrected chi connectivity index (χ2v) is 6.42. The quantitative estimate of drug-likeness (QED) is 0.864. The van der Waals surface area contributed by atoms with E-state index in [0.717, 1.165) is 24.6 Å². The van der Waals surface area contributed by atoms with Crippen LogP contribution in [0.3, 0.4) is 0 Å². The van der Waals surface area contributed by atoms with Crippen LogP contribution in [0.5, 0.6) is 0 Å². The van der Waals surface area contributed by atoms with Crippen molar-refractivity contribution >= 4 is 11.3 Å². The molecule has 1 atom stereocenters. The Morgan fingerprint density at radius 2 is 2.30 bits per heavy atom. The second kappa shape index (κ2) is 6.46. The van der Waals surface area contributed by atoms with Gasteiger partial charge in [-0.25, -0.2) is 4.98 Å². The summed E-state index contributed by atoms with van der Waals surface area (Å²) in [6, 6.07) is 6.35. The van der Waals surface area contributed by atoms with Crippen LogP contribution in [0.1, 0.15) is 29.9 Å². The zero-order valence-corrected chi connectivity index (χ0v) is 12.8. The number of aryl methyl sites for hydroxylation is 1. The van der Waals surface area contributed by atoms with Crippen molar-refractivity contribution in [3.63, 3.8) is 0 Å². The number of hydrogen-bond donors (Lipinski definition) is 0. The minimum Gasteiger partial charge on any atom is -0.297 e. The van der Waals surface area contributed by atoms with Crippen molar-refractivity contribution in [3.05, 3.63) is 46.2 Å². The van der Waals surface area contributed by atoms with Gasteiger partial charge in [0.25, 0.3) is 0 Å². The SMILES string of the molecule is Cc1cccc(C[C@H]2CCCN(Cc3cscn3)C2)n1. The maximum absolute atomic E-state index is 4.64. The molecule has 0 spiro atoms. The summed E-state index contributed by atoms with van der Waals surface area (Å²) in [5.74, 6) is 0.733. The van der Waals surface area contributed by atoms with Gasteiger partial charge in [0.15, 0.2) is 0 Å². The van der Waals surface area contributed by atoms with Crippen LogP contribution >= 0.6 is 11.3 Å². The molecular formula is C16H21N3S. The van der Waals surface area contributed by atoms with Crippen molar-refractivity contribution < 1.29 is 0 Å². The number of nitrogens with zero attached hydrogens (tertiary/aromatic N) is 3. The van der Waals surface area contributed by atoms with Crippen LogP contribution in [0.4, 0.5) is 0 Å². The van der Waals surface area contributed by atoms with E-state index in [1.165, 1.54) is 37.3 Å². The molecule has 1 aliphatic heterocycles. The Balaban J connectivity index is 1.57. The molecule has 2 aromatic rings. The third-order valence-corrected chi connectivity index (χ3v) is 4.55. The fourth-order valence-corrected chi connectivity index (χ4v) is 3.56. The Kier molecular flexibility index (Phi) is 4.43. The first kappa shape index (κ1) is 13.7. The third-order valence-electron chi connectivity index (χ3n) is 3.92. The van der Waals surface area contributed by atoms with E-state index in [4.69, 9.17) is 0 Å². The fraction of sp³-hybridized carbons (Fsp3) is 0.500. The summed E-state index contributed by atoms with van der Waals surface area (Å²) >= 11 is 1.69. The number of pyridine rings is 1. The average molecular weight is 287 g/mol. The van der Waals surface area contributed by atoms with E-state index < -0.39 is 0 Å². The van der Waals surface area contributed by atoms with Gasteiger partial charge in [-0.2, -0.15) is 0 Å². The molecule has 0 aliphatic carbocycles. The van der Waals surface area contributed by atoms with E-state index >= 15 is 0 Å². The molecule has 3 heterocycles. The lowest BCUT2D eigenvalue weighted by molar-refractivity contribution is 0.165. The monoisotopic (exact) mass is 287 g/mol. The van der Waals surface area contributed by atoms with E-state index in [2.05, 4.69) is 45.4 Å². The molecule has 4 heteroatoms. The van der Waals surface area contributed by atoms with Gasteiger partial charge in [0, 0.05) is 29.9 Å². The van der Waals surface area contributed by atoms with Gasteiger partial charge in [-0.3, -0.25) is 9.88 Å². The molecule has 20 heavy (non-hydrogen) atoms. The first-order chi connectivity index (χ1) is 9.79. The molecule has 0 bridgehead atoms. The van der Waals surface area contributed by atoms with Gasteiger partial charge >= 0.3 is 0 Å². The predicted molar refractivity (Wildman–Crippen MR) is 82.8 cm³/mol. The van der Waals surface area contributed by atoms with Crippen molar-refractivity contribution in [2.24, 2.45) is 5.92 Å². The molecule has 106 valence electrons. The summed E-state index contributed by atoms with van der Waals surface area (Å²) in [5.41, 5.74) is 5.50. The number of hydrogen-bond acceptors (Lipinski definition) is 4. The molecule has 1 aliphatic rings. The zero-order chi connectivity index (χ0) is 13.8. The minimum atomic E-state index is 0.733. The Morgan fingerprint density at radius 1 is 1.35 bits per heavy atom. The molecule has 3 nitrogen and oxygen atoms in total. The summed E-state index contributed by atoms with van der Waals surface area (Å²) in [7, 11) is 0. The molecule has 0 N–H and O–H groups in total. The van der Waals surface area contributed by atoms with Crippen molar-refractivity contribution in [3.8, 4) is 0 Å². The molecular weight excluding hydrogens is 266 g/mol. The lowest BCUT2D eigenvalue weighted by Crippen LogP contribution is -2.35. The summed E-state index contributed by atoms with van der Waals surface area (Å²) < 4.78 is 0. The van der Waals surface area contributed by atoms with Crippen LogP contribution in [0.15, 0.2) is 29.1 Å². The lowest BCUT2D eigenvalue weighted by Gasteiger charge is -2.32. The van der Waals surface area contributed by atoms with E-state index in [1.807, 2.05) is 5.51 Å². The molecule has 1 saturated heterocycles. The Bertz CT molecular complexity index is 538. The van der Waals surface area contributed by atoms with Gasteiger partial charge in [-0.15, -0.1) is 11.3 Å². The Labute approximate surface area is 124 Å². The molecule has 2 aromatic heterocycles. The topological polar surface area (TPSA) is 29.0 Å². The van der Waals surface area contributed by atoms with Crippen molar-refractivity contribution in [1.82, 2.24) is 14.9 Å². The predicted octanol–water partition coefficient (Wildman–Crippen LogP) is 3.30. The highest BCUT2D eigenvalue weighted by atomic mass is 32.1. The highest BCUT2D eigenvalue weighted by Crippen LogP contribution is 2.21. The number of aromatic nitrogens is 2. The second-order valence-electron chi connectivity index (χ2n) is 5.70. The minimum absolute atomic E-state index is 0.733. The largest absolute Gasteiger partial charge is 0.297 e. The smallest absolute Gasteiger partial charge is 0.0795 e. The molecule has 0 amide bonds. The summed E-state index contributed by atoms with van der Waals surface area (Å²) in [4.78, 5) is 11.6. The lowest BCUT2D eigenvalue weighted by atomic mass is 9.93. The standard InChI is InChI=1S/C16H21N3S/c1-13-4-2-6-15(18-13)8-14-5-3-7-19(9-14)10-16-11-20-12-17-16/h2,4,6,11-12,14H,3,5,7-10H2,1H3/t14-/m1/s1. The molecule has 0 unspecified atom stereocenters. The molecule has 0 radical (unpaired) electrons. The van der Waals surface area contributed by atoms with Crippen LogP contribution < -0.4 is 0 Å². The fourth-order valence-electron chi connectivity index (χ4n) is 3.02. The molecule has 3 rings (SSSR count). The summed E-state index contributed by atoms with van der Waals surface area (Å²) in [5, 5.41) is 2.16. The molecule has 1 fully saturated rings. The number of rotatable bonds is 4. The van der Waals surface area contributed by atoms with E-state index in [1.54, 1.807) is 11.3 Å². The first-order valence-electron chi connectivity index (χ1n) is 7.31. The van der Waals surface area contributed by atoms with Gasteiger partial charge in [-0.05, 0) is 50.8 Å².